The van der Waals surface area contributed by atoms with Crippen molar-refractivity contribution in [2.75, 3.05) is 14.2 Å². The summed E-state index contributed by atoms with van der Waals surface area (Å²) < 4.78 is 16.7. The van der Waals surface area contributed by atoms with Crippen LogP contribution in [0.15, 0.2) is 18.2 Å². The third-order valence-electron chi connectivity index (χ3n) is 3.80. The van der Waals surface area contributed by atoms with Crippen LogP contribution in [-0.4, -0.2) is 25.9 Å². The van der Waals surface area contributed by atoms with Gasteiger partial charge in [0.25, 0.3) is 0 Å². The molecule has 0 saturated carbocycles. The second kappa shape index (κ2) is 4.78. The molecule has 1 heterocycles. The number of methoxy groups -OCH3 is 2. The number of rotatable bonds is 3. The molecule has 0 spiro atoms. The smallest absolute Gasteiger partial charge is 0.134 e. The van der Waals surface area contributed by atoms with Crippen LogP contribution in [0, 0.1) is 0 Å². The van der Waals surface area contributed by atoms with Gasteiger partial charge in [0.05, 0.1) is 13.2 Å². The van der Waals surface area contributed by atoms with Crippen LogP contribution in [0.25, 0.3) is 0 Å². The molecule has 4 nitrogen and oxygen atoms in total. The summed E-state index contributed by atoms with van der Waals surface area (Å²) in [6, 6.07) is 5.72. The van der Waals surface area contributed by atoms with Gasteiger partial charge < -0.3 is 19.9 Å². The highest BCUT2D eigenvalue weighted by Crippen LogP contribution is 2.41. The quantitative estimate of drug-likeness (QED) is 0.895. The zero-order valence-electron chi connectivity index (χ0n) is 11.4. The SMILES string of the molecule is COc1ccc2c(c1)OC(C)(C(C)OC)C[C@@H]2N. The minimum atomic E-state index is -0.409. The highest BCUT2D eigenvalue weighted by Gasteiger charge is 2.40. The molecular formula is C14H21NO3. The van der Waals surface area contributed by atoms with Gasteiger partial charge in [0.2, 0.25) is 0 Å². The third-order valence-corrected chi connectivity index (χ3v) is 3.80. The Balaban J connectivity index is 2.37. The van der Waals surface area contributed by atoms with Gasteiger partial charge in [0.1, 0.15) is 17.1 Å². The Hall–Kier alpha value is -1.26. The van der Waals surface area contributed by atoms with Crippen LogP contribution in [0.1, 0.15) is 31.9 Å². The molecule has 2 unspecified atom stereocenters. The molecule has 1 aromatic carbocycles. The largest absolute Gasteiger partial charge is 0.497 e. The lowest BCUT2D eigenvalue weighted by molar-refractivity contribution is -0.0708. The maximum absolute atomic E-state index is 6.23. The van der Waals surface area contributed by atoms with Crippen molar-refractivity contribution < 1.29 is 14.2 Å². The lowest BCUT2D eigenvalue weighted by Crippen LogP contribution is -2.49. The monoisotopic (exact) mass is 251 g/mol. The summed E-state index contributed by atoms with van der Waals surface area (Å²) in [7, 11) is 3.33. The molecule has 0 aromatic heterocycles. The van der Waals surface area contributed by atoms with Crippen LogP contribution < -0.4 is 15.2 Å². The van der Waals surface area contributed by atoms with E-state index < -0.39 is 5.60 Å². The molecule has 100 valence electrons. The van der Waals surface area contributed by atoms with Gasteiger partial charge in [-0.2, -0.15) is 0 Å². The zero-order valence-corrected chi connectivity index (χ0v) is 11.4. The van der Waals surface area contributed by atoms with Crippen molar-refractivity contribution in [3.05, 3.63) is 23.8 Å². The first-order valence-electron chi connectivity index (χ1n) is 6.15. The number of ether oxygens (including phenoxy) is 3. The second-order valence-electron chi connectivity index (χ2n) is 5.01. The average Bonchev–Trinajstić information content (AvgIpc) is 2.36. The van der Waals surface area contributed by atoms with E-state index in [1.165, 1.54) is 0 Å². The van der Waals surface area contributed by atoms with E-state index >= 15 is 0 Å². The average molecular weight is 251 g/mol. The number of nitrogens with two attached hydrogens (primary N) is 1. The number of hydrogen-bond donors (Lipinski definition) is 1. The van der Waals surface area contributed by atoms with Crippen molar-refractivity contribution in [3.8, 4) is 11.5 Å². The lowest BCUT2D eigenvalue weighted by Gasteiger charge is -2.41. The van der Waals surface area contributed by atoms with E-state index in [-0.39, 0.29) is 12.1 Å². The van der Waals surface area contributed by atoms with Crippen molar-refractivity contribution in [2.24, 2.45) is 5.73 Å². The Labute approximate surface area is 108 Å². The van der Waals surface area contributed by atoms with E-state index in [1.807, 2.05) is 32.0 Å². The van der Waals surface area contributed by atoms with Gasteiger partial charge in [-0.05, 0) is 19.9 Å². The second-order valence-corrected chi connectivity index (χ2v) is 5.01. The molecule has 0 saturated heterocycles. The molecule has 0 bridgehead atoms. The fraction of sp³-hybridized carbons (Fsp3) is 0.571. The summed E-state index contributed by atoms with van der Waals surface area (Å²) >= 11 is 0. The minimum Gasteiger partial charge on any atom is -0.497 e. The van der Waals surface area contributed by atoms with Gasteiger partial charge in [0.15, 0.2) is 0 Å². The summed E-state index contributed by atoms with van der Waals surface area (Å²) in [5.41, 5.74) is 6.85. The molecule has 0 aliphatic carbocycles. The maximum atomic E-state index is 6.23. The highest BCUT2D eigenvalue weighted by molar-refractivity contribution is 5.44. The minimum absolute atomic E-state index is 0.0251. The fourth-order valence-corrected chi connectivity index (χ4v) is 2.37. The van der Waals surface area contributed by atoms with Crippen LogP contribution in [0.4, 0.5) is 0 Å². The number of fused-ring (bicyclic) bond motifs is 1. The van der Waals surface area contributed by atoms with Gasteiger partial charge in [-0.1, -0.05) is 6.07 Å². The first kappa shape index (κ1) is 13.2. The topological polar surface area (TPSA) is 53.7 Å². The van der Waals surface area contributed by atoms with E-state index in [9.17, 15) is 0 Å². The molecule has 0 radical (unpaired) electrons. The first-order valence-corrected chi connectivity index (χ1v) is 6.15. The van der Waals surface area contributed by atoms with Crippen molar-refractivity contribution >= 4 is 0 Å². The zero-order chi connectivity index (χ0) is 13.3. The molecule has 0 amide bonds. The van der Waals surface area contributed by atoms with E-state index in [0.29, 0.717) is 0 Å². The van der Waals surface area contributed by atoms with Crippen molar-refractivity contribution in [1.82, 2.24) is 0 Å². The van der Waals surface area contributed by atoms with Gasteiger partial charge in [0, 0.05) is 31.2 Å². The fourth-order valence-electron chi connectivity index (χ4n) is 2.37. The van der Waals surface area contributed by atoms with Crippen LogP contribution in [0.2, 0.25) is 0 Å². The maximum Gasteiger partial charge on any atom is 0.134 e. The molecule has 2 N–H and O–H groups in total. The van der Waals surface area contributed by atoms with E-state index in [4.69, 9.17) is 19.9 Å². The Kier molecular flexibility index (Phi) is 3.50. The standard InChI is InChI=1S/C14H21NO3/c1-9(16-3)14(2)8-12(15)11-6-5-10(17-4)7-13(11)18-14/h5-7,9,12H,8,15H2,1-4H3/t9?,12-,14?/m0/s1. The van der Waals surface area contributed by atoms with Crippen molar-refractivity contribution in [1.29, 1.82) is 0 Å². The normalized spacial score (nSPS) is 28.2. The van der Waals surface area contributed by atoms with Crippen molar-refractivity contribution in [3.63, 3.8) is 0 Å². The summed E-state index contributed by atoms with van der Waals surface area (Å²) in [5.74, 6) is 1.56. The van der Waals surface area contributed by atoms with E-state index in [0.717, 1.165) is 23.5 Å². The molecular weight excluding hydrogens is 230 g/mol. The van der Waals surface area contributed by atoms with Crippen LogP contribution in [-0.2, 0) is 4.74 Å². The molecule has 1 aromatic rings. The van der Waals surface area contributed by atoms with Gasteiger partial charge in [-0.15, -0.1) is 0 Å². The highest BCUT2D eigenvalue weighted by atomic mass is 16.5. The number of benzene rings is 1. The molecule has 1 aliphatic heterocycles. The Morgan fingerprint density at radius 1 is 1.44 bits per heavy atom. The first-order chi connectivity index (χ1) is 8.50. The molecule has 1 aliphatic rings. The third kappa shape index (κ3) is 2.18. The molecule has 18 heavy (non-hydrogen) atoms. The summed E-state index contributed by atoms with van der Waals surface area (Å²) in [6.45, 7) is 4.03. The Morgan fingerprint density at radius 3 is 2.78 bits per heavy atom. The number of hydrogen-bond acceptors (Lipinski definition) is 4. The molecule has 2 rings (SSSR count). The Bertz CT molecular complexity index is 435. The van der Waals surface area contributed by atoms with Crippen LogP contribution in [0.5, 0.6) is 11.5 Å². The summed E-state index contributed by atoms with van der Waals surface area (Å²) in [5, 5.41) is 0. The van der Waals surface area contributed by atoms with Crippen molar-refractivity contribution in [2.45, 2.75) is 38.0 Å². The van der Waals surface area contributed by atoms with Gasteiger partial charge in [-0.25, -0.2) is 0 Å². The molecule has 3 atom stereocenters. The summed E-state index contributed by atoms with van der Waals surface area (Å²) in [6.07, 6.45) is 0.712. The van der Waals surface area contributed by atoms with E-state index in [2.05, 4.69) is 0 Å². The van der Waals surface area contributed by atoms with Crippen LogP contribution >= 0.6 is 0 Å². The Morgan fingerprint density at radius 2 is 2.17 bits per heavy atom. The summed E-state index contributed by atoms with van der Waals surface area (Å²) in [4.78, 5) is 0. The lowest BCUT2D eigenvalue weighted by atomic mass is 9.85. The molecule has 0 fully saturated rings. The van der Waals surface area contributed by atoms with E-state index in [1.54, 1.807) is 14.2 Å². The van der Waals surface area contributed by atoms with Gasteiger partial charge >= 0.3 is 0 Å². The molecule has 4 heteroatoms. The van der Waals surface area contributed by atoms with Crippen LogP contribution in [0.3, 0.4) is 0 Å². The predicted molar refractivity (Wildman–Crippen MR) is 70.0 cm³/mol. The predicted octanol–water partition coefficient (Wildman–Crippen LogP) is 2.27. The van der Waals surface area contributed by atoms with Gasteiger partial charge in [-0.3, -0.25) is 0 Å².